The number of aryl methyl sites for hydroxylation is 1. The van der Waals surface area contributed by atoms with Crippen molar-refractivity contribution in [2.75, 3.05) is 11.9 Å². The second kappa shape index (κ2) is 5.30. The number of rotatable bonds is 5. The van der Waals surface area contributed by atoms with Crippen LogP contribution < -0.4 is 5.32 Å². The summed E-state index contributed by atoms with van der Waals surface area (Å²) in [6, 6.07) is 9.04. The molecule has 2 aromatic heterocycles. The van der Waals surface area contributed by atoms with Crippen LogP contribution in [0.2, 0.25) is 0 Å². The number of anilines is 1. The zero-order chi connectivity index (χ0) is 15.9. The standard InChI is InChI=1S/C17H18FN5/c1-2-12-9-15(23-16(22-12)20-11-21-23)19-10-17(7-8-17)13-5-3-4-6-14(13)18/h3-6,9,11,19H,2,7-8,10H2,1H3. The first kappa shape index (κ1) is 14.1. The third-order valence-corrected chi connectivity index (χ3v) is 4.57. The Hall–Kier alpha value is -2.50. The first-order valence-electron chi connectivity index (χ1n) is 7.90. The third-order valence-electron chi connectivity index (χ3n) is 4.57. The smallest absolute Gasteiger partial charge is 0.254 e. The second-order valence-electron chi connectivity index (χ2n) is 6.07. The van der Waals surface area contributed by atoms with Crippen LogP contribution in [0.5, 0.6) is 0 Å². The van der Waals surface area contributed by atoms with E-state index in [0.717, 1.165) is 36.3 Å². The van der Waals surface area contributed by atoms with Gasteiger partial charge in [0.2, 0.25) is 0 Å². The molecule has 1 N–H and O–H groups in total. The first-order chi connectivity index (χ1) is 11.2. The zero-order valence-electron chi connectivity index (χ0n) is 13.0. The van der Waals surface area contributed by atoms with Gasteiger partial charge < -0.3 is 5.32 Å². The van der Waals surface area contributed by atoms with Crippen LogP contribution in [-0.4, -0.2) is 26.1 Å². The fourth-order valence-corrected chi connectivity index (χ4v) is 3.01. The maximum absolute atomic E-state index is 14.1. The Balaban J connectivity index is 1.62. The van der Waals surface area contributed by atoms with Crippen LogP contribution in [0.25, 0.3) is 5.78 Å². The van der Waals surface area contributed by atoms with Gasteiger partial charge in [-0.05, 0) is 30.9 Å². The fraction of sp³-hybridized carbons (Fsp3) is 0.353. The molecule has 3 aromatic rings. The van der Waals surface area contributed by atoms with Gasteiger partial charge in [0.1, 0.15) is 18.0 Å². The predicted molar refractivity (Wildman–Crippen MR) is 86.0 cm³/mol. The molecule has 0 aliphatic heterocycles. The number of nitrogens with one attached hydrogen (secondary N) is 1. The van der Waals surface area contributed by atoms with Crippen molar-refractivity contribution < 1.29 is 4.39 Å². The Morgan fingerprint density at radius 3 is 2.87 bits per heavy atom. The lowest BCUT2D eigenvalue weighted by Crippen LogP contribution is -2.22. The summed E-state index contributed by atoms with van der Waals surface area (Å²) in [6.07, 6.45) is 4.31. The van der Waals surface area contributed by atoms with Crippen LogP contribution in [0.15, 0.2) is 36.7 Å². The molecule has 6 heteroatoms. The summed E-state index contributed by atoms with van der Waals surface area (Å²) in [7, 11) is 0. The Kier molecular flexibility index (Phi) is 3.25. The van der Waals surface area contributed by atoms with E-state index in [0.29, 0.717) is 12.3 Å². The highest BCUT2D eigenvalue weighted by Gasteiger charge is 2.45. The Morgan fingerprint density at radius 1 is 1.30 bits per heavy atom. The summed E-state index contributed by atoms with van der Waals surface area (Å²) < 4.78 is 15.8. The number of fused-ring (bicyclic) bond motifs is 1. The summed E-state index contributed by atoms with van der Waals surface area (Å²) in [5.74, 6) is 1.32. The van der Waals surface area contributed by atoms with Crippen LogP contribution in [0.4, 0.5) is 10.2 Å². The number of halogens is 1. The number of nitrogens with zero attached hydrogens (tertiary/aromatic N) is 4. The molecule has 1 aliphatic carbocycles. The largest absolute Gasteiger partial charge is 0.369 e. The quantitative estimate of drug-likeness (QED) is 0.787. The van der Waals surface area contributed by atoms with Crippen LogP contribution >= 0.6 is 0 Å². The van der Waals surface area contributed by atoms with Gasteiger partial charge in [0.15, 0.2) is 0 Å². The predicted octanol–water partition coefficient (Wildman–Crippen LogP) is 2.97. The van der Waals surface area contributed by atoms with E-state index in [1.54, 1.807) is 10.6 Å². The second-order valence-corrected chi connectivity index (χ2v) is 6.07. The highest BCUT2D eigenvalue weighted by molar-refractivity contribution is 5.46. The van der Waals surface area contributed by atoms with Crippen molar-refractivity contribution in [2.45, 2.75) is 31.6 Å². The van der Waals surface area contributed by atoms with Crippen molar-refractivity contribution in [3.8, 4) is 0 Å². The summed E-state index contributed by atoms with van der Waals surface area (Å²) in [4.78, 5) is 8.60. The van der Waals surface area contributed by atoms with E-state index in [1.807, 2.05) is 18.2 Å². The van der Waals surface area contributed by atoms with Crippen molar-refractivity contribution in [1.29, 1.82) is 0 Å². The van der Waals surface area contributed by atoms with E-state index in [9.17, 15) is 4.39 Å². The van der Waals surface area contributed by atoms with E-state index in [1.165, 1.54) is 12.4 Å². The van der Waals surface area contributed by atoms with E-state index in [4.69, 9.17) is 0 Å². The molecule has 1 saturated carbocycles. The van der Waals surface area contributed by atoms with Crippen molar-refractivity contribution in [3.63, 3.8) is 0 Å². The molecule has 1 aliphatic rings. The maximum Gasteiger partial charge on any atom is 0.254 e. The Morgan fingerprint density at radius 2 is 2.13 bits per heavy atom. The van der Waals surface area contributed by atoms with Crippen molar-refractivity contribution in [2.24, 2.45) is 0 Å². The molecule has 5 nitrogen and oxygen atoms in total. The first-order valence-corrected chi connectivity index (χ1v) is 7.90. The number of benzene rings is 1. The van der Waals surface area contributed by atoms with E-state index in [2.05, 4.69) is 27.3 Å². The molecule has 0 spiro atoms. The van der Waals surface area contributed by atoms with Crippen LogP contribution in [0.3, 0.4) is 0 Å². The normalized spacial score (nSPS) is 15.7. The van der Waals surface area contributed by atoms with E-state index >= 15 is 0 Å². The lowest BCUT2D eigenvalue weighted by Gasteiger charge is -2.18. The molecule has 0 unspecified atom stereocenters. The molecule has 1 aromatic carbocycles. The fourth-order valence-electron chi connectivity index (χ4n) is 3.01. The zero-order valence-corrected chi connectivity index (χ0v) is 13.0. The number of hydrogen-bond acceptors (Lipinski definition) is 4. The van der Waals surface area contributed by atoms with Gasteiger partial charge in [-0.25, -0.2) is 9.37 Å². The van der Waals surface area contributed by atoms with Gasteiger partial charge in [0.25, 0.3) is 5.78 Å². The minimum atomic E-state index is -0.123. The summed E-state index contributed by atoms with van der Waals surface area (Å²) >= 11 is 0. The van der Waals surface area contributed by atoms with Crippen molar-refractivity contribution in [3.05, 3.63) is 53.7 Å². The van der Waals surface area contributed by atoms with Crippen LogP contribution in [-0.2, 0) is 11.8 Å². The molecule has 2 heterocycles. The van der Waals surface area contributed by atoms with Crippen molar-refractivity contribution >= 4 is 11.6 Å². The Labute approximate surface area is 133 Å². The molecule has 0 radical (unpaired) electrons. The topological polar surface area (TPSA) is 55.1 Å². The van der Waals surface area contributed by atoms with E-state index < -0.39 is 0 Å². The number of aromatic nitrogens is 4. The summed E-state index contributed by atoms with van der Waals surface area (Å²) in [6.45, 7) is 2.73. The van der Waals surface area contributed by atoms with Gasteiger partial charge in [0, 0.05) is 23.7 Å². The SMILES string of the molecule is CCc1cc(NCC2(c3ccccc3F)CC2)n2ncnc2n1. The average molecular weight is 311 g/mol. The lowest BCUT2D eigenvalue weighted by atomic mass is 9.95. The molecular formula is C17H18FN5. The summed E-state index contributed by atoms with van der Waals surface area (Å²) in [5.41, 5.74) is 1.64. The van der Waals surface area contributed by atoms with Gasteiger partial charge in [-0.3, -0.25) is 0 Å². The third kappa shape index (κ3) is 2.44. The molecular weight excluding hydrogens is 293 g/mol. The molecule has 23 heavy (non-hydrogen) atoms. The van der Waals surface area contributed by atoms with Gasteiger partial charge in [-0.1, -0.05) is 25.1 Å². The maximum atomic E-state index is 14.1. The lowest BCUT2D eigenvalue weighted by molar-refractivity contribution is 0.578. The molecule has 0 bridgehead atoms. The van der Waals surface area contributed by atoms with Crippen molar-refractivity contribution in [1.82, 2.24) is 19.6 Å². The highest BCUT2D eigenvalue weighted by Crippen LogP contribution is 2.49. The monoisotopic (exact) mass is 311 g/mol. The molecule has 0 amide bonds. The van der Waals surface area contributed by atoms with Crippen LogP contribution in [0.1, 0.15) is 31.0 Å². The molecule has 0 saturated heterocycles. The van der Waals surface area contributed by atoms with E-state index in [-0.39, 0.29) is 11.2 Å². The highest BCUT2D eigenvalue weighted by atomic mass is 19.1. The Bertz CT molecular complexity index is 853. The van der Waals surface area contributed by atoms with Crippen LogP contribution in [0, 0.1) is 5.82 Å². The van der Waals surface area contributed by atoms with Gasteiger partial charge >= 0.3 is 0 Å². The molecule has 1 fully saturated rings. The number of hydrogen-bond donors (Lipinski definition) is 1. The average Bonchev–Trinajstić information content (AvgIpc) is 3.20. The van der Waals surface area contributed by atoms with Gasteiger partial charge in [-0.15, -0.1) is 0 Å². The minimum absolute atomic E-state index is 0.117. The summed E-state index contributed by atoms with van der Waals surface area (Å²) in [5, 5.41) is 7.64. The molecule has 4 rings (SSSR count). The molecule has 0 atom stereocenters. The van der Waals surface area contributed by atoms with Gasteiger partial charge in [0.05, 0.1) is 0 Å². The molecule has 118 valence electrons. The van der Waals surface area contributed by atoms with Gasteiger partial charge in [-0.2, -0.15) is 14.6 Å². The minimum Gasteiger partial charge on any atom is -0.369 e.